The van der Waals surface area contributed by atoms with Gasteiger partial charge in [-0.1, -0.05) is 86.6 Å². The van der Waals surface area contributed by atoms with Crippen LogP contribution in [0.25, 0.3) is 10.9 Å². The third-order valence-corrected chi connectivity index (χ3v) is 7.52. The van der Waals surface area contributed by atoms with Crippen LogP contribution in [0, 0.1) is 0 Å². The van der Waals surface area contributed by atoms with Crippen molar-refractivity contribution in [2.24, 2.45) is 0 Å². The van der Waals surface area contributed by atoms with Crippen molar-refractivity contribution >= 4 is 22.8 Å². The maximum Gasteiger partial charge on any atom is 0.328 e. The van der Waals surface area contributed by atoms with Crippen molar-refractivity contribution < 1.29 is 9.59 Å². The van der Waals surface area contributed by atoms with Gasteiger partial charge in [-0.2, -0.15) is 0 Å². The maximum atomic E-state index is 13.8. The van der Waals surface area contributed by atoms with Gasteiger partial charge in [-0.05, 0) is 40.7 Å². The number of hydrogen-bond donors (Lipinski definition) is 1. The minimum absolute atomic E-state index is 0.0920. The average molecular weight is 464 g/mol. The number of nitrogens with zero attached hydrogens (tertiary/aromatic N) is 2. The Morgan fingerprint density at radius 2 is 1.63 bits per heavy atom. The fraction of sp³-hybridized carbons (Fsp3) is 0.267. The number of aromatic amines is 1. The van der Waals surface area contributed by atoms with E-state index in [1.165, 1.54) is 10.5 Å². The maximum absolute atomic E-state index is 13.8. The quantitative estimate of drug-likeness (QED) is 0.380. The molecule has 3 heterocycles. The van der Waals surface area contributed by atoms with Gasteiger partial charge in [-0.15, -0.1) is 0 Å². The zero-order valence-electron chi connectivity index (χ0n) is 20.1. The molecule has 2 aliphatic heterocycles. The number of fused-ring (bicyclic) bond motifs is 4. The third-order valence-electron chi connectivity index (χ3n) is 7.52. The number of rotatable bonds is 5. The molecule has 1 fully saturated rings. The van der Waals surface area contributed by atoms with Gasteiger partial charge >= 0.3 is 6.03 Å². The van der Waals surface area contributed by atoms with Crippen LogP contribution >= 0.6 is 0 Å². The van der Waals surface area contributed by atoms with Crippen LogP contribution in [-0.2, 0) is 17.6 Å². The summed E-state index contributed by atoms with van der Waals surface area (Å²) in [6.45, 7) is 4.74. The number of aromatic nitrogens is 1. The van der Waals surface area contributed by atoms with Gasteiger partial charge in [0.25, 0.3) is 5.91 Å². The van der Waals surface area contributed by atoms with Gasteiger partial charge in [0, 0.05) is 29.6 Å². The van der Waals surface area contributed by atoms with Crippen LogP contribution in [0.5, 0.6) is 0 Å². The minimum Gasteiger partial charge on any atom is -0.356 e. The molecule has 0 unspecified atom stereocenters. The molecule has 3 aromatic carbocycles. The van der Waals surface area contributed by atoms with E-state index in [0.29, 0.717) is 25.3 Å². The highest BCUT2D eigenvalue weighted by atomic mass is 16.2. The van der Waals surface area contributed by atoms with E-state index in [9.17, 15) is 9.59 Å². The highest BCUT2D eigenvalue weighted by Gasteiger charge is 2.52. The van der Waals surface area contributed by atoms with E-state index in [0.717, 1.165) is 33.3 Å². The summed E-state index contributed by atoms with van der Waals surface area (Å²) in [5.74, 6) is 0.334. The predicted octanol–water partition coefficient (Wildman–Crippen LogP) is 5.81. The zero-order valence-corrected chi connectivity index (χ0v) is 20.1. The summed E-state index contributed by atoms with van der Waals surface area (Å²) in [7, 11) is 0. The van der Waals surface area contributed by atoms with Crippen molar-refractivity contribution in [2.45, 2.75) is 44.7 Å². The molecule has 0 bridgehead atoms. The first-order chi connectivity index (χ1) is 17.0. The van der Waals surface area contributed by atoms with Crippen LogP contribution in [0.1, 0.15) is 53.8 Å². The predicted molar refractivity (Wildman–Crippen MR) is 137 cm³/mol. The molecule has 0 saturated carbocycles. The van der Waals surface area contributed by atoms with Crippen molar-refractivity contribution in [3.8, 4) is 0 Å². The topological polar surface area (TPSA) is 56.4 Å². The first-order valence-corrected chi connectivity index (χ1v) is 12.4. The SMILES string of the molecule is CC(C)c1ccc([C@@H]2c3[nH]c4ccccc4c3C[C@@H]3C(=O)N(CCc4ccccc4)C(=O)N23)cc1. The standard InChI is InChI=1S/C30H29N3O2/c1-19(2)21-12-14-22(15-13-21)28-27-24(23-10-6-7-11-25(23)31-27)18-26-29(34)32(30(35)33(26)28)17-16-20-8-4-3-5-9-20/h3-15,19,26,28,31H,16-18H2,1-2H3/t26-,28-/m1/s1. The molecule has 0 radical (unpaired) electrons. The second-order valence-corrected chi connectivity index (χ2v) is 9.92. The van der Waals surface area contributed by atoms with E-state index in [1.54, 1.807) is 0 Å². The molecule has 2 atom stereocenters. The van der Waals surface area contributed by atoms with Gasteiger partial charge in [0.2, 0.25) is 0 Å². The summed E-state index contributed by atoms with van der Waals surface area (Å²) in [5, 5.41) is 1.13. The van der Waals surface area contributed by atoms with E-state index in [2.05, 4.69) is 55.2 Å². The number of carbonyl (C=O) groups excluding carboxylic acids is 2. The Hall–Kier alpha value is -3.86. The van der Waals surface area contributed by atoms with Crippen LogP contribution < -0.4 is 0 Å². The summed E-state index contributed by atoms with van der Waals surface area (Å²) >= 11 is 0. The van der Waals surface area contributed by atoms with E-state index in [1.807, 2.05) is 47.4 Å². The molecular formula is C30H29N3O2. The van der Waals surface area contributed by atoms with E-state index in [4.69, 9.17) is 0 Å². The van der Waals surface area contributed by atoms with Crippen molar-refractivity contribution in [3.05, 3.63) is 107 Å². The molecule has 0 aliphatic carbocycles. The monoisotopic (exact) mass is 463 g/mol. The Bertz CT molecular complexity index is 1400. The average Bonchev–Trinajstić information content (AvgIpc) is 3.37. The van der Waals surface area contributed by atoms with Gasteiger partial charge in [0.1, 0.15) is 12.1 Å². The molecule has 0 spiro atoms. The number of imide groups is 1. The van der Waals surface area contributed by atoms with Gasteiger partial charge < -0.3 is 4.98 Å². The molecule has 5 nitrogen and oxygen atoms in total. The van der Waals surface area contributed by atoms with Crippen LogP contribution in [0.15, 0.2) is 78.9 Å². The van der Waals surface area contributed by atoms with E-state index >= 15 is 0 Å². The van der Waals surface area contributed by atoms with Crippen molar-refractivity contribution in [2.75, 3.05) is 6.54 Å². The lowest BCUT2D eigenvalue weighted by atomic mass is 9.88. The Morgan fingerprint density at radius 1 is 0.914 bits per heavy atom. The zero-order chi connectivity index (χ0) is 24.1. The molecule has 4 aromatic rings. The van der Waals surface area contributed by atoms with E-state index in [-0.39, 0.29) is 18.0 Å². The Morgan fingerprint density at radius 3 is 2.37 bits per heavy atom. The first kappa shape index (κ1) is 21.7. The molecule has 2 aliphatic rings. The summed E-state index contributed by atoms with van der Waals surface area (Å²) in [5.41, 5.74) is 6.61. The van der Waals surface area contributed by atoms with Gasteiger partial charge in [-0.3, -0.25) is 14.6 Å². The second-order valence-electron chi connectivity index (χ2n) is 9.92. The van der Waals surface area contributed by atoms with Crippen LogP contribution in [0.3, 0.4) is 0 Å². The number of hydrogen-bond acceptors (Lipinski definition) is 2. The number of para-hydroxylation sites is 1. The molecule has 1 N–H and O–H groups in total. The van der Waals surface area contributed by atoms with Gasteiger partial charge in [0.15, 0.2) is 0 Å². The molecular weight excluding hydrogens is 434 g/mol. The molecule has 35 heavy (non-hydrogen) atoms. The Kier molecular flexibility index (Phi) is 5.21. The lowest BCUT2D eigenvalue weighted by Gasteiger charge is -2.36. The molecule has 3 amide bonds. The molecule has 176 valence electrons. The van der Waals surface area contributed by atoms with Crippen molar-refractivity contribution in [3.63, 3.8) is 0 Å². The third kappa shape index (κ3) is 3.54. The lowest BCUT2D eigenvalue weighted by Crippen LogP contribution is -2.44. The molecule has 6 rings (SSSR count). The molecule has 1 saturated heterocycles. The number of carbonyl (C=O) groups is 2. The lowest BCUT2D eigenvalue weighted by molar-refractivity contribution is -0.128. The number of urea groups is 1. The Labute approximate surface area is 205 Å². The summed E-state index contributed by atoms with van der Waals surface area (Å²) in [6, 6.07) is 25.7. The molecule has 5 heteroatoms. The highest BCUT2D eigenvalue weighted by Crippen LogP contribution is 2.44. The van der Waals surface area contributed by atoms with Crippen LogP contribution in [0.4, 0.5) is 4.79 Å². The fourth-order valence-electron chi connectivity index (χ4n) is 5.63. The largest absolute Gasteiger partial charge is 0.356 e. The summed E-state index contributed by atoms with van der Waals surface area (Å²) in [4.78, 5) is 34.3. The van der Waals surface area contributed by atoms with Gasteiger partial charge in [-0.25, -0.2) is 4.79 Å². The highest BCUT2D eigenvalue weighted by molar-refractivity contribution is 6.05. The van der Waals surface area contributed by atoms with Crippen LogP contribution in [0.2, 0.25) is 0 Å². The van der Waals surface area contributed by atoms with E-state index < -0.39 is 6.04 Å². The summed E-state index contributed by atoms with van der Waals surface area (Å²) in [6.07, 6.45) is 1.19. The van der Waals surface area contributed by atoms with Crippen molar-refractivity contribution in [1.29, 1.82) is 0 Å². The fourth-order valence-corrected chi connectivity index (χ4v) is 5.63. The summed E-state index contributed by atoms with van der Waals surface area (Å²) < 4.78 is 0. The number of amides is 3. The van der Waals surface area contributed by atoms with Crippen LogP contribution in [-0.4, -0.2) is 39.3 Å². The smallest absolute Gasteiger partial charge is 0.328 e. The Balaban J connectivity index is 1.41. The second kappa shape index (κ2) is 8.42. The normalized spacial score (nSPS) is 19.5. The number of benzene rings is 3. The number of nitrogens with one attached hydrogen (secondary N) is 1. The number of H-pyrrole nitrogens is 1. The first-order valence-electron chi connectivity index (χ1n) is 12.4. The minimum atomic E-state index is -0.486. The molecule has 1 aromatic heterocycles. The van der Waals surface area contributed by atoms with Crippen molar-refractivity contribution in [1.82, 2.24) is 14.8 Å². The van der Waals surface area contributed by atoms with Gasteiger partial charge in [0.05, 0.1) is 0 Å².